The molecule has 0 aliphatic carbocycles. The summed E-state index contributed by atoms with van der Waals surface area (Å²) in [6, 6.07) is 16.8. The van der Waals surface area contributed by atoms with Gasteiger partial charge in [-0.25, -0.2) is 8.42 Å². The molecule has 0 amide bonds. The first-order chi connectivity index (χ1) is 14.9. The quantitative estimate of drug-likeness (QED) is 0.402. The van der Waals surface area contributed by atoms with Gasteiger partial charge >= 0.3 is 0 Å². The zero-order valence-corrected chi connectivity index (χ0v) is 18.1. The average molecular weight is 458 g/mol. The lowest BCUT2D eigenvalue weighted by atomic mass is 10.1. The Morgan fingerprint density at radius 2 is 1.68 bits per heavy atom. The molecule has 1 fully saturated rings. The number of carbonyl (C=O) groups excluding carboxylic acids is 1. The number of rotatable bonds is 6. The number of ketones is 1. The van der Waals surface area contributed by atoms with Crippen molar-refractivity contribution in [3.05, 3.63) is 83.1 Å². The molecule has 1 saturated heterocycles. The summed E-state index contributed by atoms with van der Waals surface area (Å²) in [6.45, 7) is 1.41. The van der Waals surface area contributed by atoms with Crippen LogP contribution in [0.25, 0.3) is 17.4 Å². The van der Waals surface area contributed by atoms with E-state index in [1.165, 1.54) is 34.6 Å². The highest BCUT2D eigenvalue weighted by Gasteiger charge is 2.26. The van der Waals surface area contributed by atoms with Crippen molar-refractivity contribution in [1.29, 1.82) is 0 Å². The van der Waals surface area contributed by atoms with Gasteiger partial charge in [-0.2, -0.15) is 4.31 Å². The van der Waals surface area contributed by atoms with Crippen LogP contribution in [0.1, 0.15) is 16.1 Å². The number of ether oxygens (including phenoxy) is 1. The maximum absolute atomic E-state index is 12.7. The Labute approximate surface area is 185 Å². The minimum absolute atomic E-state index is 0.158. The van der Waals surface area contributed by atoms with Crippen molar-refractivity contribution in [2.45, 2.75) is 4.90 Å². The third kappa shape index (κ3) is 4.80. The van der Waals surface area contributed by atoms with Crippen molar-refractivity contribution >= 4 is 33.5 Å². The van der Waals surface area contributed by atoms with E-state index in [-0.39, 0.29) is 10.7 Å². The number of sulfonamides is 1. The van der Waals surface area contributed by atoms with Crippen LogP contribution in [0.15, 0.2) is 76.1 Å². The summed E-state index contributed by atoms with van der Waals surface area (Å²) >= 11 is 6.19. The number of hydrogen-bond donors (Lipinski definition) is 0. The summed E-state index contributed by atoms with van der Waals surface area (Å²) in [5, 5.41) is 0.579. The molecule has 160 valence electrons. The van der Waals surface area contributed by atoms with Crippen molar-refractivity contribution < 1.29 is 22.4 Å². The molecule has 1 aliphatic rings. The van der Waals surface area contributed by atoms with E-state index in [0.717, 1.165) is 5.56 Å². The number of benzene rings is 2. The lowest BCUT2D eigenvalue weighted by molar-refractivity contribution is 0.0730. The van der Waals surface area contributed by atoms with Gasteiger partial charge in [-0.15, -0.1) is 0 Å². The zero-order chi connectivity index (χ0) is 21.8. The van der Waals surface area contributed by atoms with E-state index in [1.807, 2.05) is 18.2 Å². The summed E-state index contributed by atoms with van der Waals surface area (Å²) in [5.74, 6) is 0.858. The third-order valence-corrected chi connectivity index (χ3v) is 7.15. The number of hydrogen-bond acceptors (Lipinski definition) is 5. The molecular weight excluding hydrogens is 438 g/mol. The fraction of sp³-hybridized carbons (Fsp3) is 0.174. The van der Waals surface area contributed by atoms with Gasteiger partial charge in [0.25, 0.3) is 0 Å². The van der Waals surface area contributed by atoms with E-state index in [9.17, 15) is 13.2 Å². The largest absolute Gasteiger partial charge is 0.457 e. The predicted octanol–water partition coefficient (Wildman–Crippen LogP) is 4.52. The molecule has 0 N–H and O–H groups in total. The lowest BCUT2D eigenvalue weighted by Gasteiger charge is -2.26. The molecule has 3 aromatic rings. The van der Waals surface area contributed by atoms with Gasteiger partial charge in [-0.3, -0.25) is 4.79 Å². The number of carbonyl (C=O) groups is 1. The van der Waals surface area contributed by atoms with E-state index < -0.39 is 10.0 Å². The summed E-state index contributed by atoms with van der Waals surface area (Å²) in [6.07, 6.45) is 2.96. The van der Waals surface area contributed by atoms with Crippen LogP contribution in [0.3, 0.4) is 0 Å². The normalized spacial score (nSPS) is 15.4. The smallest absolute Gasteiger partial charge is 0.243 e. The number of furan rings is 1. The van der Waals surface area contributed by atoms with E-state index in [2.05, 4.69) is 0 Å². The van der Waals surface area contributed by atoms with Gasteiger partial charge < -0.3 is 9.15 Å². The standard InChI is InChI=1S/C23H20ClNO5S/c24-21-4-2-1-3-20(21)23-12-8-18(30-23)7-11-22(26)17-5-9-19(10-6-17)31(27,28)25-13-15-29-16-14-25/h1-12H,13-16H2/b11-7+. The molecule has 8 heteroatoms. The molecular formula is C23H20ClNO5S. The van der Waals surface area contributed by atoms with Gasteiger partial charge in [0, 0.05) is 24.2 Å². The van der Waals surface area contributed by atoms with Crippen LogP contribution in [0.4, 0.5) is 0 Å². The zero-order valence-electron chi connectivity index (χ0n) is 16.5. The number of morpholine rings is 1. The molecule has 0 radical (unpaired) electrons. The molecule has 1 aliphatic heterocycles. The fourth-order valence-corrected chi connectivity index (χ4v) is 4.87. The molecule has 6 nitrogen and oxygen atoms in total. The maximum atomic E-state index is 12.7. The van der Waals surface area contributed by atoms with Gasteiger partial charge in [-0.05, 0) is 60.7 Å². The van der Waals surface area contributed by atoms with Crippen molar-refractivity contribution in [3.8, 4) is 11.3 Å². The Hall–Kier alpha value is -2.71. The molecule has 0 bridgehead atoms. The van der Waals surface area contributed by atoms with Crippen LogP contribution in [0.5, 0.6) is 0 Å². The highest BCUT2D eigenvalue weighted by molar-refractivity contribution is 7.89. The van der Waals surface area contributed by atoms with Gasteiger partial charge in [-0.1, -0.05) is 23.7 Å². The van der Waals surface area contributed by atoms with E-state index in [1.54, 1.807) is 24.3 Å². The monoisotopic (exact) mass is 457 g/mol. The molecule has 2 aromatic carbocycles. The Kier molecular flexibility index (Phi) is 6.38. The fourth-order valence-electron chi connectivity index (χ4n) is 3.23. The van der Waals surface area contributed by atoms with Crippen LogP contribution in [-0.4, -0.2) is 44.8 Å². The predicted molar refractivity (Wildman–Crippen MR) is 119 cm³/mol. The van der Waals surface area contributed by atoms with Crippen LogP contribution in [0.2, 0.25) is 5.02 Å². The molecule has 0 atom stereocenters. The van der Waals surface area contributed by atoms with Gasteiger partial charge in [0.2, 0.25) is 10.0 Å². The average Bonchev–Trinajstić information content (AvgIpc) is 3.27. The molecule has 1 aromatic heterocycles. The van der Waals surface area contributed by atoms with E-state index in [0.29, 0.717) is 48.4 Å². The van der Waals surface area contributed by atoms with Crippen LogP contribution in [-0.2, 0) is 14.8 Å². The highest BCUT2D eigenvalue weighted by atomic mass is 35.5. The lowest BCUT2D eigenvalue weighted by Crippen LogP contribution is -2.40. The van der Waals surface area contributed by atoms with Gasteiger partial charge in [0.15, 0.2) is 5.78 Å². The second kappa shape index (κ2) is 9.20. The first kappa shape index (κ1) is 21.5. The molecule has 0 spiro atoms. The van der Waals surface area contributed by atoms with Crippen molar-refractivity contribution in [2.24, 2.45) is 0 Å². The van der Waals surface area contributed by atoms with Crippen LogP contribution >= 0.6 is 11.6 Å². The SMILES string of the molecule is O=C(/C=C/c1ccc(-c2ccccc2Cl)o1)c1ccc(S(=O)(=O)N2CCOCC2)cc1. The minimum Gasteiger partial charge on any atom is -0.457 e. The summed E-state index contributed by atoms with van der Waals surface area (Å²) < 4.78 is 37.7. The van der Waals surface area contributed by atoms with Crippen molar-refractivity contribution in [1.82, 2.24) is 4.31 Å². The molecule has 0 saturated carbocycles. The number of halogens is 1. The molecule has 31 heavy (non-hydrogen) atoms. The maximum Gasteiger partial charge on any atom is 0.243 e. The first-order valence-corrected chi connectivity index (χ1v) is 11.5. The Morgan fingerprint density at radius 1 is 0.968 bits per heavy atom. The van der Waals surface area contributed by atoms with Crippen LogP contribution in [0, 0.1) is 0 Å². The molecule has 0 unspecified atom stereocenters. The topological polar surface area (TPSA) is 76.8 Å². The van der Waals surface area contributed by atoms with Crippen molar-refractivity contribution in [2.75, 3.05) is 26.3 Å². The summed E-state index contributed by atoms with van der Waals surface area (Å²) in [5.41, 5.74) is 1.15. The van der Waals surface area contributed by atoms with E-state index in [4.69, 9.17) is 20.8 Å². The molecule has 2 heterocycles. The number of allylic oxidation sites excluding steroid dienone is 1. The summed E-state index contributed by atoms with van der Waals surface area (Å²) in [7, 11) is -3.59. The Morgan fingerprint density at radius 3 is 2.39 bits per heavy atom. The van der Waals surface area contributed by atoms with Gasteiger partial charge in [0.05, 0.1) is 23.1 Å². The van der Waals surface area contributed by atoms with Crippen molar-refractivity contribution in [3.63, 3.8) is 0 Å². The number of nitrogens with zero attached hydrogens (tertiary/aromatic N) is 1. The summed E-state index contributed by atoms with van der Waals surface area (Å²) in [4.78, 5) is 12.6. The first-order valence-electron chi connectivity index (χ1n) is 9.70. The Bertz CT molecular complexity index is 1210. The molecule has 4 rings (SSSR count). The Balaban J connectivity index is 1.46. The van der Waals surface area contributed by atoms with Crippen LogP contribution < -0.4 is 0 Å². The second-order valence-corrected chi connectivity index (χ2v) is 9.27. The van der Waals surface area contributed by atoms with E-state index >= 15 is 0 Å². The minimum atomic E-state index is -3.59. The second-order valence-electron chi connectivity index (χ2n) is 6.92. The highest BCUT2D eigenvalue weighted by Crippen LogP contribution is 2.29. The van der Waals surface area contributed by atoms with Gasteiger partial charge in [0.1, 0.15) is 11.5 Å². The third-order valence-electron chi connectivity index (χ3n) is 4.91.